The molecule has 2 aromatic rings. The Bertz CT molecular complexity index is 632. The summed E-state index contributed by atoms with van der Waals surface area (Å²) in [7, 11) is 0. The third-order valence-corrected chi connectivity index (χ3v) is 3.97. The Hall–Kier alpha value is -1.88. The second-order valence-electron chi connectivity index (χ2n) is 4.57. The molecule has 4 nitrogen and oxygen atoms in total. The predicted octanol–water partition coefficient (Wildman–Crippen LogP) is 3.24. The van der Waals surface area contributed by atoms with Crippen LogP contribution in [0.25, 0.3) is 10.2 Å². The fraction of sp³-hybridized carbons (Fsp3) is 0.286. The molecule has 0 saturated heterocycles. The number of hydrogen-bond acceptors (Lipinski definition) is 5. The van der Waals surface area contributed by atoms with Crippen LogP contribution >= 0.6 is 11.3 Å². The highest BCUT2D eigenvalue weighted by Crippen LogP contribution is 2.21. The van der Waals surface area contributed by atoms with E-state index in [9.17, 15) is 4.79 Å². The number of aromatic nitrogens is 1. The van der Waals surface area contributed by atoms with Gasteiger partial charge in [-0.3, -0.25) is 10.2 Å². The minimum Gasteiger partial charge on any atom is -0.301 e. The first-order chi connectivity index (χ1) is 9.33. The van der Waals surface area contributed by atoms with Gasteiger partial charge in [0, 0.05) is 6.42 Å². The molecule has 0 saturated carbocycles. The second kappa shape index (κ2) is 5.40. The fourth-order valence-corrected chi connectivity index (χ4v) is 2.83. The van der Waals surface area contributed by atoms with E-state index in [1.165, 1.54) is 0 Å². The summed E-state index contributed by atoms with van der Waals surface area (Å²) in [5, 5.41) is 0. The summed E-state index contributed by atoms with van der Waals surface area (Å²) >= 11 is 1.61. The van der Waals surface area contributed by atoms with Gasteiger partial charge in [-0.15, -0.1) is 11.3 Å². The van der Waals surface area contributed by atoms with Crippen molar-refractivity contribution in [2.45, 2.75) is 25.7 Å². The number of anilines is 1. The number of Topliss-reactive ketones (excluding diaryl/α,β-unsaturated/α-hetero) is 1. The maximum Gasteiger partial charge on any atom is 0.180 e. The molecule has 0 amide bonds. The molecular weight excluding hydrogens is 258 g/mol. The zero-order valence-electron chi connectivity index (χ0n) is 10.5. The summed E-state index contributed by atoms with van der Waals surface area (Å²) in [4.78, 5) is 16.1. The molecule has 0 radical (unpaired) electrons. The van der Waals surface area contributed by atoms with Crippen molar-refractivity contribution in [2.75, 3.05) is 5.43 Å². The SMILES string of the molecule is O=C1CCCCC=C1NNc1ccc2ncsc2c1. The van der Waals surface area contributed by atoms with Crippen LogP contribution in [0.3, 0.4) is 0 Å². The number of nitrogens with zero attached hydrogens (tertiary/aromatic N) is 1. The van der Waals surface area contributed by atoms with Crippen molar-refractivity contribution in [3.8, 4) is 0 Å². The summed E-state index contributed by atoms with van der Waals surface area (Å²) in [6.45, 7) is 0. The minimum atomic E-state index is 0.184. The smallest absolute Gasteiger partial charge is 0.180 e. The molecule has 5 heteroatoms. The first-order valence-electron chi connectivity index (χ1n) is 6.41. The predicted molar refractivity (Wildman–Crippen MR) is 77.9 cm³/mol. The number of allylic oxidation sites excluding steroid dienone is 2. The molecule has 1 heterocycles. The number of rotatable bonds is 3. The van der Waals surface area contributed by atoms with E-state index >= 15 is 0 Å². The molecular formula is C14H15N3OS. The van der Waals surface area contributed by atoms with Gasteiger partial charge in [0.1, 0.15) is 0 Å². The van der Waals surface area contributed by atoms with E-state index in [0.717, 1.165) is 35.2 Å². The van der Waals surface area contributed by atoms with Crippen molar-refractivity contribution < 1.29 is 4.79 Å². The number of fused-ring (bicyclic) bond motifs is 1. The van der Waals surface area contributed by atoms with Gasteiger partial charge in [0.25, 0.3) is 0 Å². The lowest BCUT2D eigenvalue weighted by Gasteiger charge is -2.11. The first-order valence-corrected chi connectivity index (χ1v) is 7.29. The summed E-state index contributed by atoms with van der Waals surface area (Å²) in [6.07, 6.45) is 5.64. The van der Waals surface area contributed by atoms with Crippen LogP contribution in [0.1, 0.15) is 25.7 Å². The molecule has 1 aliphatic rings. The highest BCUT2D eigenvalue weighted by molar-refractivity contribution is 7.16. The third kappa shape index (κ3) is 2.76. The van der Waals surface area contributed by atoms with E-state index in [4.69, 9.17) is 0 Å². The molecule has 0 atom stereocenters. The molecule has 1 aromatic heterocycles. The van der Waals surface area contributed by atoms with Crippen LogP contribution in [-0.4, -0.2) is 10.8 Å². The molecule has 0 fully saturated rings. The standard InChI is InChI=1S/C14H15N3OS/c18-13-5-3-1-2-4-11(13)17-16-10-6-7-12-14(8-10)19-9-15-12/h4,6-9,16-17H,1-3,5H2. The summed E-state index contributed by atoms with van der Waals surface area (Å²) in [5.41, 5.74) is 10.6. The fourth-order valence-electron chi connectivity index (χ4n) is 2.12. The van der Waals surface area contributed by atoms with E-state index in [1.54, 1.807) is 11.3 Å². The molecule has 0 bridgehead atoms. The lowest BCUT2D eigenvalue weighted by molar-refractivity contribution is -0.115. The number of carbonyl (C=O) groups is 1. The van der Waals surface area contributed by atoms with Gasteiger partial charge in [-0.25, -0.2) is 4.98 Å². The van der Waals surface area contributed by atoms with Crippen LogP contribution in [-0.2, 0) is 4.79 Å². The minimum absolute atomic E-state index is 0.184. The Labute approximate surface area is 115 Å². The van der Waals surface area contributed by atoms with E-state index in [2.05, 4.69) is 15.8 Å². The van der Waals surface area contributed by atoms with Crippen molar-refractivity contribution in [3.05, 3.63) is 35.5 Å². The molecule has 0 aliphatic heterocycles. The highest BCUT2D eigenvalue weighted by atomic mass is 32.1. The van der Waals surface area contributed by atoms with E-state index < -0.39 is 0 Å². The zero-order chi connectivity index (χ0) is 13.1. The second-order valence-corrected chi connectivity index (χ2v) is 5.46. The topological polar surface area (TPSA) is 54.0 Å². The molecule has 0 spiro atoms. The zero-order valence-corrected chi connectivity index (χ0v) is 11.3. The van der Waals surface area contributed by atoms with Crippen molar-refractivity contribution >= 4 is 33.0 Å². The van der Waals surface area contributed by atoms with Crippen molar-refractivity contribution in [1.82, 2.24) is 10.4 Å². The van der Waals surface area contributed by atoms with Crippen LogP contribution in [0.15, 0.2) is 35.5 Å². The number of thiazole rings is 1. The Balaban J connectivity index is 1.70. The van der Waals surface area contributed by atoms with Crippen molar-refractivity contribution in [1.29, 1.82) is 0 Å². The molecule has 98 valence electrons. The van der Waals surface area contributed by atoms with Gasteiger partial charge in [-0.1, -0.05) is 6.08 Å². The number of nitrogens with one attached hydrogen (secondary N) is 2. The van der Waals surface area contributed by atoms with Crippen LogP contribution < -0.4 is 10.9 Å². The Morgan fingerprint density at radius 1 is 1.21 bits per heavy atom. The molecule has 1 aromatic carbocycles. The van der Waals surface area contributed by atoms with Gasteiger partial charge < -0.3 is 5.43 Å². The molecule has 1 aliphatic carbocycles. The Kier molecular flexibility index (Phi) is 3.46. The van der Waals surface area contributed by atoms with Crippen LogP contribution in [0.2, 0.25) is 0 Å². The van der Waals surface area contributed by atoms with Gasteiger partial charge in [0.15, 0.2) is 5.78 Å². The number of hydrogen-bond donors (Lipinski definition) is 2. The normalized spacial score (nSPS) is 16.0. The van der Waals surface area contributed by atoms with Crippen LogP contribution in [0.4, 0.5) is 5.69 Å². The van der Waals surface area contributed by atoms with Crippen molar-refractivity contribution in [2.24, 2.45) is 0 Å². The Morgan fingerprint density at radius 3 is 3.11 bits per heavy atom. The van der Waals surface area contributed by atoms with E-state index in [1.807, 2.05) is 29.8 Å². The number of carbonyl (C=O) groups excluding carboxylic acids is 1. The highest BCUT2D eigenvalue weighted by Gasteiger charge is 2.11. The first kappa shape index (κ1) is 12.2. The quantitative estimate of drug-likeness (QED) is 0.843. The largest absolute Gasteiger partial charge is 0.301 e. The average molecular weight is 273 g/mol. The Morgan fingerprint density at radius 2 is 2.16 bits per heavy atom. The van der Waals surface area contributed by atoms with Gasteiger partial charge in [-0.05, 0) is 37.5 Å². The summed E-state index contributed by atoms with van der Waals surface area (Å²) in [5.74, 6) is 0.184. The lowest BCUT2D eigenvalue weighted by atomic mass is 10.2. The molecule has 2 N–H and O–H groups in total. The number of hydrazine groups is 1. The average Bonchev–Trinajstić information content (AvgIpc) is 2.79. The van der Waals surface area contributed by atoms with Gasteiger partial charge in [0.2, 0.25) is 0 Å². The van der Waals surface area contributed by atoms with Gasteiger partial charge in [-0.2, -0.15) is 0 Å². The van der Waals surface area contributed by atoms with E-state index in [-0.39, 0.29) is 5.78 Å². The van der Waals surface area contributed by atoms with Crippen LogP contribution in [0, 0.1) is 0 Å². The third-order valence-electron chi connectivity index (χ3n) is 3.18. The number of ketones is 1. The molecule has 3 rings (SSSR count). The van der Waals surface area contributed by atoms with Gasteiger partial charge >= 0.3 is 0 Å². The lowest BCUT2D eigenvalue weighted by Crippen LogP contribution is -2.25. The maximum atomic E-state index is 11.8. The molecule has 19 heavy (non-hydrogen) atoms. The van der Waals surface area contributed by atoms with Crippen LogP contribution in [0.5, 0.6) is 0 Å². The summed E-state index contributed by atoms with van der Waals surface area (Å²) < 4.78 is 1.13. The van der Waals surface area contributed by atoms with E-state index in [0.29, 0.717) is 12.1 Å². The van der Waals surface area contributed by atoms with Crippen molar-refractivity contribution in [3.63, 3.8) is 0 Å². The van der Waals surface area contributed by atoms with Gasteiger partial charge in [0.05, 0.1) is 27.1 Å². The monoisotopic (exact) mass is 273 g/mol. The maximum absolute atomic E-state index is 11.8. The number of benzene rings is 1. The summed E-state index contributed by atoms with van der Waals surface area (Å²) in [6, 6.07) is 5.96. The molecule has 0 unspecified atom stereocenters.